The third kappa shape index (κ3) is 4.98. The molecule has 3 rings (SSSR count). The monoisotopic (exact) mass is 445 g/mol. The molecule has 1 aliphatic heterocycles. The number of sulfonamides is 1. The van der Waals surface area contributed by atoms with Gasteiger partial charge in [0.2, 0.25) is 0 Å². The molecule has 1 aliphatic rings. The Hall–Kier alpha value is -2.68. The Balaban J connectivity index is 2.00. The lowest BCUT2D eigenvalue weighted by atomic mass is 9.91. The van der Waals surface area contributed by atoms with Crippen molar-refractivity contribution in [3.63, 3.8) is 0 Å². The Bertz CT molecular complexity index is 1080. The standard InChI is InChI=1S/C22H31N5O3S/c1-6-15-12-14(2)27(13-15)20-16(10-11-17(24-20)22(3,4)5)21(28)26-31(29,30)19-9-7-8-18(23)25-19/h7-11,14-15H,6,12-13H2,1-5H3,(H2,23,25)(H,26,28)/t14?,15-/m0/s1. The molecule has 1 fully saturated rings. The van der Waals surface area contributed by atoms with Gasteiger partial charge < -0.3 is 10.6 Å². The Morgan fingerprint density at radius 1 is 1.23 bits per heavy atom. The number of aromatic nitrogens is 2. The lowest BCUT2D eigenvalue weighted by Crippen LogP contribution is -2.35. The number of carbonyl (C=O) groups excluding carboxylic acids is 1. The van der Waals surface area contributed by atoms with E-state index in [0.29, 0.717) is 11.7 Å². The third-order valence-electron chi connectivity index (χ3n) is 5.65. The van der Waals surface area contributed by atoms with Crippen molar-refractivity contribution in [2.24, 2.45) is 5.92 Å². The molecule has 1 saturated heterocycles. The van der Waals surface area contributed by atoms with Gasteiger partial charge in [-0.05, 0) is 43.5 Å². The van der Waals surface area contributed by atoms with E-state index < -0.39 is 15.9 Å². The third-order valence-corrected chi connectivity index (χ3v) is 6.88. The summed E-state index contributed by atoms with van der Waals surface area (Å²) in [6.07, 6.45) is 2.04. The highest BCUT2D eigenvalue weighted by atomic mass is 32.2. The molecule has 8 nitrogen and oxygen atoms in total. The van der Waals surface area contributed by atoms with Gasteiger partial charge in [0.15, 0.2) is 5.03 Å². The molecule has 0 aromatic carbocycles. The summed E-state index contributed by atoms with van der Waals surface area (Å²) >= 11 is 0. The normalized spacial score (nSPS) is 19.5. The first-order valence-corrected chi connectivity index (χ1v) is 12.0. The van der Waals surface area contributed by atoms with Crippen molar-refractivity contribution in [1.29, 1.82) is 0 Å². The number of rotatable bonds is 5. The number of nitrogens with zero attached hydrogens (tertiary/aromatic N) is 3. The average molecular weight is 446 g/mol. The van der Waals surface area contributed by atoms with Gasteiger partial charge in [-0.1, -0.05) is 40.2 Å². The van der Waals surface area contributed by atoms with E-state index >= 15 is 0 Å². The van der Waals surface area contributed by atoms with Crippen LogP contribution in [-0.2, 0) is 15.4 Å². The second-order valence-electron chi connectivity index (χ2n) is 9.16. The van der Waals surface area contributed by atoms with Crippen LogP contribution in [0.1, 0.15) is 63.5 Å². The van der Waals surface area contributed by atoms with Crippen LogP contribution in [0.25, 0.3) is 0 Å². The van der Waals surface area contributed by atoms with Gasteiger partial charge in [0, 0.05) is 23.7 Å². The average Bonchev–Trinajstić information content (AvgIpc) is 3.07. The first kappa shape index (κ1) is 23.0. The molecule has 1 amide bonds. The largest absolute Gasteiger partial charge is 0.384 e. The first-order valence-electron chi connectivity index (χ1n) is 10.5. The fourth-order valence-electron chi connectivity index (χ4n) is 3.81. The van der Waals surface area contributed by atoms with E-state index in [2.05, 4.69) is 49.2 Å². The zero-order valence-corrected chi connectivity index (χ0v) is 19.5. The predicted octanol–water partition coefficient (Wildman–Crippen LogP) is 3.10. The maximum Gasteiger partial charge on any atom is 0.281 e. The van der Waals surface area contributed by atoms with Crippen LogP contribution in [-0.4, -0.2) is 36.9 Å². The van der Waals surface area contributed by atoms with Crippen LogP contribution >= 0.6 is 0 Å². The van der Waals surface area contributed by atoms with Crippen molar-refractivity contribution in [2.75, 3.05) is 17.2 Å². The minimum Gasteiger partial charge on any atom is -0.384 e. The van der Waals surface area contributed by atoms with Crippen LogP contribution in [0.15, 0.2) is 35.4 Å². The summed E-state index contributed by atoms with van der Waals surface area (Å²) in [5.74, 6) is 0.346. The molecule has 2 atom stereocenters. The molecular formula is C22H31N5O3S. The molecule has 0 radical (unpaired) electrons. The van der Waals surface area contributed by atoms with Gasteiger partial charge in [0.25, 0.3) is 15.9 Å². The molecule has 0 aliphatic carbocycles. The first-order chi connectivity index (χ1) is 14.4. The number of nitrogens with two attached hydrogens (primary N) is 1. The minimum absolute atomic E-state index is 0.0590. The molecule has 1 unspecified atom stereocenters. The maximum atomic E-state index is 13.1. The van der Waals surface area contributed by atoms with Crippen LogP contribution in [0.5, 0.6) is 0 Å². The van der Waals surface area contributed by atoms with Crippen LogP contribution in [0, 0.1) is 5.92 Å². The number of amides is 1. The van der Waals surface area contributed by atoms with Gasteiger partial charge in [0.05, 0.1) is 5.56 Å². The summed E-state index contributed by atoms with van der Waals surface area (Å²) in [4.78, 5) is 23.9. The van der Waals surface area contributed by atoms with Crippen molar-refractivity contribution < 1.29 is 13.2 Å². The summed E-state index contributed by atoms with van der Waals surface area (Å²) in [5, 5.41) is -0.303. The van der Waals surface area contributed by atoms with Crippen molar-refractivity contribution in [2.45, 2.75) is 63.9 Å². The molecule has 0 bridgehead atoms. The quantitative estimate of drug-likeness (QED) is 0.726. The topological polar surface area (TPSA) is 118 Å². The molecule has 168 valence electrons. The highest BCUT2D eigenvalue weighted by Gasteiger charge is 2.33. The van der Waals surface area contributed by atoms with E-state index in [-0.39, 0.29) is 27.9 Å². The van der Waals surface area contributed by atoms with Crippen molar-refractivity contribution in [1.82, 2.24) is 14.7 Å². The van der Waals surface area contributed by atoms with Crippen LogP contribution in [0.2, 0.25) is 0 Å². The molecular weight excluding hydrogens is 414 g/mol. The SMILES string of the molecule is CC[C@H]1CC(C)N(c2nc(C(C)(C)C)ccc2C(=O)NS(=O)(=O)c2cccc(N)n2)C1. The fraction of sp³-hybridized carbons (Fsp3) is 0.500. The molecule has 0 spiro atoms. The van der Waals surface area contributed by atoms with Crippen LogP contribution in [0.3, 0.4) is 0 Å². The molecule has 9 heteroatoms. The summed E-state index contributed by atoms with van der Waals surface area (Å²) in [6.45, 7) is 11.2. The zero-order valence-electron chi connectivity index (χ0n) is 18.7. The zero-order chi connectivity index (χ0) is 23.0. The van der Waals surface area contributed by atoms with Crippen molar-refractivity contribution in [3.05, 3.63) is 41.6 Å². The van der Waals surface area contributed by atoms with Gasteiger partial charge in [-0.25, -0.2) is 14.7 Å². The lowest BCUT2D eigenvalue weighted by Gasteiger charge is -2.27. The second kappa shape index (κ2) is 8.45. The summed E-state index contributed by atoms with van der Waals surface area (Å²) in [7, 11) is -4.17. The van der Waals surface area contributed by atoms with E-state index in [4.69, 9.17) is 10.7 Å². The number of nitrogens with one attached hydrogen (secondary N) is 1. The number of pyridine rings is 2. The highest BCUT2D eigenvalue weighted by molar-refractivity contribution is 7.90. The van der Waals surface area contributed by atoms with Crippen molar-refractivity contribution in [3.8, 4) is 0 Å². The van der Waals surface area contributed by atoms with E-state index in [1.165, 1.54) is 18.2 Å². The molecule has 2 aromatic heterocycles. The van der Waals surface area contributed by atoms with Crippen LogP contribution < -0.4 is 15.4 Å². The number of hydrogen-bond acceptors (Lipinski definition) is 7. The highest BCUT2D eigenvalue weighted by Crippen LogP contribution is 2.33. The Kier molecular flexibility index (Phi) is 6.27. The van der Waals surface area contributed by atoms with Gasteiger partial charge in [-0.2, -0.15) is 8.42 Å². The second-order valence-corrected chi connectivity index (χ2v) is 10.8. The minimum atomic E-state index is -4.17. The van der Waals surface area contributed by atoms with Crippen molar-refractivity contribution >= 4 is 27.6 Å². The summed E-state index contributed by atoms with van der Waals surface area (Å²) in [6, 6.07) is 7.89. The lowest BCUT2D eigenvalue weighted by molar-refractivity contribution is 0.0981. The molecule has 0 saturated carbocycles. The predicted molar refractivity (Wildman–Crippen MR) is 121 cm³/mol. The van der Waals surface area contributed by atoms with E-state index in [9.17, 15) is 13.2 Å². The molecule has 2 aromatic rings. The molecule has 3 N–H and O–H groups in total. The number of anilines is 2. The van der Waals surface area contributed by atoms with Gasteiger partial charge in [-0.3, -0.25) is 4.79 Å². The van der Waals surface area contributed by atoms with Gasteiger partial charge in [0.1, 0.15) is 11.6 Å². The summed E-state index contributed by atoms with van der Waals surface area (Å²) < 4.78 is 27.5. The van der Waals surface area contributed by atoms with E-state index in [1.54, 1.807) is 12.1 Å². The number of hydrogen-bond donors (Lipinski definition) is 2. The van der Waals surface area contributed by atoms with E-state index in [0.717, 1.165) is 25.1 Å². The smallest absolute Gasteiger partial charge is 0.281 e. The summed E-state index contributed by atoms with van der Waals surface area (Å²) in [5.41, 5.74) is 6.45. The Labute approximate surface area is 184 Å². The molecule has 3 heterocycles. The Morgan fingerprint density at radius 3 is 2.52 bits per heavy atom. The van der Waals surface area contributed by atoms with Gasteiger partial charge in [-0.15, -0.1) is 0 Å². The maximum absolute atomic E-state index is 13.1. The van der Waals surface area contributed by atoms with E-state index in [1.807, 2.05) is 0 Å². The Morgan fingerprint density at radius 2 is 1.94 bits per heavy atom. The van der Waals surface area contributed by atoms with Crippen LogP contribution in [0.4, 0.5) is 11.6 Å². The van der Waals surface area contributed by atoms with Gasteiger partial charge >= 0.3 is 0 Å². The fourth-order valence-corrected chi connectivity index (χ4v) is 4.75. The molecule has 31 heavy (non-hydrogen) atoms. The number of carbonyl (C=O) groups is 1. The number of nitrogen functional groups attached to an aromatic ring is 1.